The molecule has 0 aliphatic rings. The largest absolute Gasteiger partial charge is 0.490 e. The maximum atomic E-state index is 12.1. The van der Waals surface area contributed by atoms with Gasteiger partial charge >= 0.3 is 11.9 Å². The molecular weight excluding hydrogens is 368 g/mol. The number of aryl methyl sites for hydroxylation is 1. The molecule has 0 spiro atoms. The van der Waals surface area contributed by atoms with Gasteiger partial charge in [0.25, 0.3) is 0 Å². The lowest BCUT2D eigenvalue weighted by Gasteiger charge is -2.08. The summed E-state index contributed by atoms with van der Waals surface area (Å²) in [5.74, 6) is 0.347. The highest BCUT2D eigenvalue weighted by molar-refractivity contribution is 5.89. The topological polar surface area (TPSA) is 61.8 Å². The van der Waals surface area contributed by atoms with Gasteiger partial charge in [-0.3, -0.25) is 4.79 Å². The van der Waals surface area contributed by atoms with Gasteiger partial charge < -0.3 is 14.2 Å². The molecule has 0 unspecified atom stereocenters. The standard InChI is InChI=1S/C24H22O5/c25-23(16-11-19-7-3-1-4-8-19)29-22-14-12-20(13-15-22)24(26)28-18-17-27-21-9-5-2-6-10-21/h1-10,12-15H,11,16-18H2. The Bertz CT molecular complexity index is 905. The van der Waals surface area contributed by atoms with Crippen molar-refractivity contribution >= 4 is 11.9 Å². The fraction of sp³-hybridized carbons (Fsp3) is 0.167. The van der Waals surface area contributed by atoms with Crippen LogP contribution in [0.1, 0.15) is 22.3 Å². The quantitative estimate of drug-likeness (QED) is 0.307. The molecule has 29 heavy (non-hydrogen) atoms. The monoisotopic (exact) mass is 390 g/mol. The fourth-order valence-electron chi connectivity index (χ4n) is 2.63. The minimum Gasteiger partial charge on any atom is -0.490 e. The van der Waals surface area contributed by atoms with Crippen molar-refractivity contribution < 1.29 is 23.8 Å². The molecule has 0 fully saturated rings. The Hall–Kier alpha value is -3.60. The van der Waals surface area contributed by atoms with Crippen LogP contribution in [0.4, 0.5) is 0 Å². The number of hydrogen-bond acceptors (Lipinski definition) is 5. The van der Waals surface area contributed by atoms with E-state index in [1.165, 1.54) is 0 Å². The third-order valence-electron chi connectivity index (χ3n) is 4.11. The molecule has 0 saturated heterocycles. The Kier molecular flexibility index (Phi) is 7.41. The molecule has 5 heteroatoms. The predicted octanol–water partition coefficient (Wildman–Crippen LogP) is 4.46. The lowest BCUT2D eigenvalue weighted by Crippen LogP contribution is -2.12. The van der Waals surface area contributed by atoms with Gasteiger partial charge in [-0.05, 0) is 48.4 Å². The first-order valence-electron chi connectivity index (χ1n) is 9.40. The van der Waals surface area contributed by atoms with Gasteiger partial charge in [-0.15, -0.1) is 0 Å². The summed E-state index contributed by atoms with van der Waals surface area (Å²) in [6.45, 7) is 0.414. The van der Waals surface area contributed by atoms with Crippen LogP contribution in [0.15, 0.2) is 84.9 Å². The van der Waals surface area contributed by atoms with Gasteiger partial charge in [0.15, 0.2) is 0 Å². The second-order valence-corrected chi connectivity index (χ2v) is 6.28. The molecule has 0 aliphatic heterocycles. The Morgan fingerprint density at radius 1 is 0.690 bits per heavy atom. The SMILES string of the molecule is O=C(CCc1ccccc1)Oc1ccc(C(=O)OCCOc2ccccc2)cc1. The van der Waals surface area contributed by atoms with Crippen molar-refractivity contribution in [2.24, 2.45) is 0 Å². The zero-order valence-corrected chi connectivity index (χ0v) is 16.0. The summed E-state index contributed by atoms with van der Waals surface area (Å²) in [7, 11) is 0. The molecule has 0 amide bonds. The molecule has 0 aliphatic carbocycles. The zero-order chi connectivity index (χ0) is 20.3. The van der Waals surface area contributed by atoms with E-state index in [1.54, 1.807) is 24.3 Å². The number of carbonyl (C=O) groups excluding carboxylic acids is 2. The molecule has 0 radical (unpaired) electrons. The van der Waals surface area contributed by atoms with Crippen molar-refractivity contribution in [3.63, 3.8) is 0 Å². The van der Waals surface area contributed by atoms with Gasteiger partial charge in [-0.1, -0.05) is 48.5 Å². The van der Waals surface area contributed by atoms with E-state index in [0.29, 0.717) is 17.7 Å². The lowest BCUT2D eigenvalue weighted by atomic mass is 10.1. The van der Waals surface area contributed by atoms with Crippen LogP contribution < -0.4 is 9.47 Å². The number of benzene rings is 3. The highest BCUT2D eigenvalue weighted by Crippen LogP contribution is 2.15. The van der Waals surface area contributed by atoms with Gasteiger partial charge in [0.1, 0.15) is 24.7 Å². The van der Waals surface area contributed by atoms with Gasteiger partial charge in [0.05, 0.1) is 5.56 Å². The second-order valence-electron chi connectivity index (χ2n) is 6.28. The Balaban J connectivity index is 1.39. The maximum absolute atomic E-state index is 12.1. The Morgan fingerprint density at radius 2 is 1.34 bits per heavy atom. The molecule has 3 aromatic rings. The van der Waals surface area contributed by atoms with E-state index in [9.17, 15) is 9.59 Å². The predicted molar refractivity (Wildman–Crippen MR) is 109 cm³/mol. The van der Waals surface area contributed by atoms with E-state index in [-0.39, 0.29) is 25.6 Å². The molecule has 0 N–H and O–H groups in total. The van der Waals surface area contributed by atoms with Crippen LogP contribution in [0.2, 0.25) is 0 Å². The molecule has 0 atom stereocenters. The number of ether oxygens (including phenoxy) is 3. The average Bonchev–Trinajstić information content (AvgIpc) is 2.77. The molecule has 0 aromatic heterocycles. The minimum absolute atomic E-state index is 0.143. The van der Waals surface area contributed by atoms with Crippen molar-refractivity contribution in [3.8, 4) is 11.5 Å². The van der Waals surface area contributed by atoms with Gasteiger partial charge in [0.2, 0.25) is 0 Å². The van der Waals surface area contributed by atoms with E-state index in [2.05, 4.69) is 0 Å². The van der Waals surface area contributed by atoms with E-state index < -0.39 is 5.97 Å². The van der Waals surface area contributed by atoms with E-state index in [0.717, 1.165) is 11.3 Å². The van der Waals surface area contributed by atoms with E-state index in [4.69, 9.17) is 14.2 Å². The van der Waals surface area contributed by atoms with Crippen molar-refractivity contribution in [3.05, 3.63) is 96.1 Å². The molecule has 0 heterocycles. The molecule has 3 aromatic carbocycles. The maximum Gasteiger partial charge on any atom is 0.338 e. The first-order chi connectivity index (χ1) is 14.2. The number of hydrogen-bond donors (Lipinski definition) is 0. The summed E-state index contributed by atoms with van der Waals surface area (Å²) in [4.78, 5) is 24.0. The van der Waals surface area contributed by atoms with Crippen molar-refractivity contribution in [1.29, 1.82) is 0 Å². The van der Waals surface area contributed by atoms with Crippen LogP contribution in [0.3, 0.4) is 0 Å². The van der Waals surface area contributed by atoms with Crippen molar-refractivity contribution in [1.82, 2.24) is 0 Å². The highest BCUT2D eigenvalue weighted by Gasteiger charge is 2.09. The summed E-state index contributed by atoms with van der Waals surface area (Å²) in [6, 6.07) is 25.4. The van der Waals surface area contributed by atoms with E-state index >= 15 is 0 Å². The third-order valence-corrected chi connectivity index (χ3v) is 4.11. The van der Waals surface area contributed by atoms with Crippen LogP contribution in [0.25, 0.3) is 0 Å². The van der Waals surface area contributed by atoms with Crippen LogP contribution in [-0.2, 0) is 16.0 Å². The third kappa shape index (κ3) is 6.81. The summed E-state index contributed by atoms with van der Waals surface area (Å²) in [6.07, 6.45) is 0.907. The van der Waals surface area contributed by atoms with Crippen LogP contribution in [0, 0.1) is 0 Å². The number of carbonyl (C=O) groups is 2. The lowest BCUT2D eigenvalue weighted by molar-refractivity contribution is -0.134. The molecular formula is C24H22O5. The average molecular weight is 390 g/mol. The number of para-hydroxylation sites is 1. The first-order valence-corrected chi connectivity index (χ1v) is 9.40. The second kappa shape index (κ2) is 10.7. The highest BCUT2D eigenvalue weighted by atomic mass is 16.6. The molecule has 5 nitrogen and oxygen atoms in total. The Morgan fingerprint density at radius 3 is 2.03 bits per heavy atom. The van der Waals surface area contributed by atoms with Crippen LogP contribution >= 0.6 is 0 Å². The normalized spacial score (nSPS) is 10.2. The summed E-state index contributed by atoms with van der Waals surface area (Å²) < 4.78 is 16.0. The van der Waals surface area contributed by atoms with Crippen molar-refractivity contribution in [2.45, 2.75) is 12.8 Å². The molecule has 0 saturated carbocycles. The van der Waals surface area contributed by atoms with Crippen LogP contribution in [-0.4, -0.2) is 25.2 Å². The molecule has 3 rings (SSSR count). The smallest absolute Gasteiger partial charge is 0.338 e. The Labute approximate surface area is 169 Å². The molecule has 0 bridgehead atoms. The van der Waals surface area contributed by atoms with E-state index in [1.807, 2.05) is 60.7 Å². The first kappa shape index (κ1) is 20.1. The minimum atomic E-state index is -0.455. The van der Waals surface area contributed by atoms with Gasteiger partial charge in [0, 0.05) is 6.42 Å². The van der Waals surface area contributed by atoms with Crippen LogP contribution in [0.5, 0.6) is 11.5 Å². The van der Waals surface area contributed by atoms with Crippen molar-refractivity contribution in [2.75, 3.05) is 13.2 Å². The fourth-order valence-corrected chi connectivity index (χ4v) is 2.63. The number of esters is 2. The summed E-state index contributed by atoms with van der Waals surface area (Å²) >= 11 is 0. The van der Waals surface area contributed by atoms with Gasteiger partial charge in [-0.25, -0.2) is 4.79 Å². The summed E-state index contributed by atoms with van der Waals surface area (Å²) in [5, 5.41) is 0. The zero-order valence-electron chi connectivity index (χ0n) is 16.0. The van der Waals surface area contributed by atoms with Gasteiger partial charge in [-0.2, -0.15) is 0 Å². The summed E-state index contributed by atoms with van der Waals surface area (Å²) in [5.41, 5.74) is 1.47. The number of rotatable bonds is 9. The molecule has 148 valence electrons.